The fourth-order valence-corrected chi connectivity index (χ4v) is 3.20. The van der Waals surface area contributed by atoms with Gasteiger partial charge in [-0.25, -0.2) is 4.79 Å². The lowest BCUT2D eigenvalue weighted by Crippen LogP contribution is -2.47. The van der Waals surface area contributed by atoms with Crippen LogP contribution in [0.2, 0.25) is 0 Å². The van der Waals surface area contributed by atoms with Crippen molar-refractivity contribution in [3.8, 4) is 0 Å². The normalized spacial score (nSPS) is 18.2. The molecule has 1 aromatic heterocycles. The lowest BCUT2D eigenvalue weighted by atomic mass is 10.0. The molecule has 22 heavy (non-hydrogen) atoms. The highest BCUT2D eigenvalue weighted by Crippen LogP contribution is 2.28. The van der Waals surface area contributed by atoms with E-state index in [9.17, 15) is 9.90 Å². The number of hydrogen-bond donors (Lipinski definition) is 3. The van der Waals surface area contributed by atoms with Crippen LogP contribution in [0.4, 0.5) is 4.79 Å². The van der Waals surface area contributed by atoms with Crippen LogP contribution in [0.5, 0.6) is 0 Å². The Morgan fingerprint density at radius 3 is 2.59 bits per heavy atom. The van der Waals surface area contributed by atoms with Crippen LogP contribution in [-0.4, -0.2) is 39.1 Å². The third kappa shape index (κ3) is 4.00. The third-order valence-corrected chi connectivity index (χ3v) is 4.66. The van der Waals surface area contributed by atoms with Crippen molar-refractivity contribution < 1.29 is 9.90 Å². The molecule has 1 aliphatic carbocycles. The Hall–Kier alpha value is -1.56. The molecule has 0 bridgehead atoms. The molecule has 2 rings (SSSR count). The smallest absolute Gasteiger partial charge is 0.315 e. The zero-order valence-corrected chi connectivity index (χ0v) is 14.1. The van der Waals surface area contributed by atoms with Crippen molar-refractivity contribution in [2.75, 3.05) is 6.54 Å². The number of hydrogen-bond acceptors (Lipinski definition) is 3. The van der Waals surface area contributed by atoms with E-state index in [1.165, 1.54) is 5.56 Å². The summed E-state index contributed by atoms with van der Waals surface area (Å²) < 4.78 is 1.87. The molecule has 0 spiro atoms. The van der Waals surface area contributed by atoms with Crippen molar-refractivity contribution in [2.45, 2.75) is 64.5 Å². The summed E-state index contributed by atoms with van der Waals surface area (Å²) in [4.78, 5) is 12.0. The second kappa shape index (κ2) is 6.69. The van der Waals surface area contributed by atoms with Crippen molar-refractivity contribution in [3.05, 3.63) is 17.0 Å². The molecule has 6 nitrogen and oxygen atoms in total. The maximum absolute atomic E-state index is 12.0. The van der Waals surface area contributed by atoms with E-state index in [1.54, 1.807) is 0 Å². The predicted molar refractivity (Wildman–Crippen MR) is 85.8 cm³/mol. The van der Waals surface area contributed by atoms with E-state index >= 15 is 0 Å². The minimum Gasteiger partial charge on any atom is -0.388 e. The van der Waals surface area contributed by atoms with E-state index < -0.39 is 5.60 Å². The van der Waals surface area contributed by atoms with Crippen LogP contribution in [0.3, 0.4) is 0 Å². The largest absolute Gasteiger partial charge is 0.388 e. The number of aliphatic hydroxyl groups is 1. The lowest BCUT2D eigenvalue weighted by Gasteiger charge is -2.23. The molecule has 0 radical (unpaired) electrons. The van der Waals surface area contributed by atoms with Gasteiger partial charge in [0.1, 0.15) is 0 Å². The number of aryl methyl sites for hydroxylation is 2. The Kier molecular flexibility index (Phi) is 5.11. The van der Waals surface area contributed by atoms with E-state index in [0.29, 0.717) is 6.54 Å². The monoisotopic (exact) mass is 308 g/mol. The molecule has 1 aromatic rings. The van der Waals surface area contributed by atoms with Crippen LogP contribution in [0.15, 0.2) is 0 Å². The first-order chi connectivity index (χ1) is 10.3. The first kappa shape index (κ1) is 16.8. The Labute approximate surface area is 132 Å². The van der Waals surface area contributed by atoms with Gasteiger partial charge in [-0.05, 0) is 45.6 Å². The number of rotatable bonds is 5. The third-order valence-electron chi connectivity index (χ3n) is 4.66. The highest BCUT2D eigenvalue weighted by atomic mass is 16.3. The molecule has 1 heterocycles. The molecule has 1 aliphatic rings. The maximum atomic E-state index is 12.0. The first-order valence-corrected chi connectivity index (χ1v) is 8.06. The van der Waals surface area contributed by atoms with Gasteiger partial charge in [0.05, 0.1) is 11.3 Å². The van der Waals surface area contributed by atoms with Gasteiger partial charge in [-0.15, -0.1) is 0 Å². The van der Waals surface area contributed by atoms with E-state index in [1.807, 2.05) is 32.5 Å². The van der Waals surface area contributed by atoms with E-state index in [-0.39, 0.29) is 12.1 Å². The first-order valence-electron chi connectivity index (χ1n) is 8.06. The zero-order valence-electron chi connectivity index (χ0n) is 14.1. The summed E-state index contributed by atoms with van der Waals surface area (Å²) in [5, 5.41) is 20.4. The quantitative estimate of drug-likeness (QED) is 0.772. The van der Waals surface area contributed by atoms with E-state index in [2.05, 4.69) is 15.7 Å². The van der Waals surface area contributed by atoms with Gasteiger partial charge in [-0.1, -0.05) is 12.8 Å². The average Bonchev–Trinajstić information content (AvgIpc) is 2.97. The fourth-order valence-electron chi connectivity index (χ4n) is 3.20. The Morgan fingerprint density at radius 2 is 2.05 bits per heavy atom. The molecule has 1 fully saturated rings. The molecule has 2 amide bonds. The van der Waals surface area contributed by atoms with Crippen molar-refractivity contribution in [2.24, 2.45) is 7.05 Å². The fraction of sp³-hybridized carbons (Fsp3) is 0.750. The molecule has 1 saturated carbocycles. The summed E-state index contributed by atoms with van der Waals surface area (Å²) in [5.74, 6) is 0. The molecule has 0 aromatic carbocycles. The van der Waals surface area contributed by atoms with Gasteiger partial charge < -0.3 is 15.7 Å². The SMILES string of the molecule is Cc1nn(C)c(C)c1CC(C)NC(=O)NCC1(O)CCCC1. The molecule has 3 N–H and O–H groups in total. The number of aromatic nitrogens is 2. The van der Waals surface area contributed by atoms with Crippen LogP contribution >= 0.6 is 0 Å². The van der Waals surface area contributed by atoms with Crippen LogP contribution < -0.4 is 10.6 Å². The summed E-state index contributed by atoms with van der Waals surface area (Å²) in [6.45, 7) is 6.34. The Balaban J connectivity index is 1.81. The highest BCUT2D eigenvalue weighted by Gasteiger charge is 2.31. The molecular weight excluding hydrogens is 280 g/mol. The maximum Gasteiger partial charge on any atom is 0.315 e. The Morgan fingerprint density at radius 1 is 1.41 bits per heavy atom. The van der Waals surface area contributed by atoms with Gasteiger partial charge in [0, 0.05) is 25.3 Å². The predicted octanol–water partition coefficient (Wildman–Crippen LogP) is 1.57. The number of carbonyl (C=O) groups excluding carboxylic acids is 1. The molecule has 1 unspecified atom stereocenters. The lowest BCUT2D eigenvalue weighted by molar-refractivity contribution is 0.0500. The van der Waals surface area contributed by atoms with Gasteiger partial charge in [0.2, 0.25) is 0 Å². The summed E-state index contributed by atoms with van der Waals surface area (Å²) >= 11 is 0. The summed E-state index contributed by atoms with van der Waals surface area (Å²) in [5.41, 5.74) is 2.61. The number of carbonyl (C=O) groups is 1. The summed E-state index contributed by atoms with van der Waals surface area (Å²) in [6.07, 6.45) is 4.38. The van der Waals surface area contributed by atoms with Crippen molar-refractivity contribution in [1.82, 2.24) is 20.4 Å². The van der Waals surface area contributed by atoms with E-state index in [4.69, 9.17) is 0 Å². The van der Waals surface area contributed by atoms with Crippen LogP contribution in [0.1, 0.15) is 49.6 Å². The molecule has 124 valence electrons. The van der Waals surface area contributed by atoms with Crippen LogP contribution in [0.25, 0.3) is 0 Å². The van der Waals surface area contributed by atoms with Gasteiger partial charge in [0.15, 0.2) is 0 Å². The summed E-state index contributed by atoms with van der Waals surface area (Å²) in [7, 11) is 1.93. The second-order valence-corrected chi connectivity index (χ2v) is 6.64. The van der Waals surface area contributed by atoms with Gasteiger partial charge in [0.25, 0.3) is 0 Å². The summed E-state index contributed by atoms with van der Waals surface area (Å²) in [6, 6.07) is -0.202. The molecule has 0 aliphatic heterocycles. The molecule has 6 heteroatoms. The zero-order chi connectivity index (χ0) is 16.3. The highest BCUT2D eigenvalue weighted by molar-refractivity contribution is 5.74. The minimum atomic E-state index is -0.711. The van der Waals surface area contributed by atoms with Crippen LogP contribution in [0, 0.1) is 13.8 Å². The van der Waals surface area contributed by atoms with Gasteiger partial charge in [-0.2, -0.15) is 5.10 Å². The van der Waals surface area contributed by atoms with Crippen molar-refractivity contribution in [1.29, 1.82) is 0 Å². The second-order valence-electron chi connectivity index (χ2n) is 6.64. The number of urea groups is 1. The van der Waals surface area contributed by atoms with Crippen LogP contribution in [-0.2, 0) is 13.5 Å². The standard InChI is InChI=1S/C16H28N4O2/c1-11(9-14-12(2)19-20(4)13(14)3)18-15(21)17-10-16(22)7-5-6-8-16/h11,22H,5-10H2,1-4H3,(H2,17,18,21). The van der Waals surface area contributed by atoms with E-state index in [0.717, 1.165) is 43.5 Å². The number of nitrogens with zero attached hydrogens (tertiary/aromatic N) is 2. The molecule has 1 atom stereocenters. The number of amides is 2. The van der Waals surface area contributed by atoms with Crippen molar-refractivity contribution >= 4 is 6.03 Å². The molecule has 0 saturated heterocycles. The van der Waals surface area contributed by atoms with Gasteiger partial charge in [-0.3, -0.25) is 4.68 Å². The van der Waals surface area contributed by atoms with Crippen molar-refractivity contribution in [3.63, 3.8) is 0 Å². The molecular formula is C16H28N4O2. The Bertz CT molecular complexity index is 532. The minimum absolute atomic E-state index is 0.0137. The van der Waals surface area contributed by atoms with Gasteiger partial charge >= 0.3 is 6.03 Å². The average molecular weight is 308 g/mol. The topological polar surface area (TPSA) is 79.2 Å². The number of nitrogens with one attached hydrogen (secondary N) is 2.